The van der Waals surface area contributed by atoms with Crippen molar-refractivity contribution >= 4 is 17.5 Å². The van der Waals surface area contributed by atoms with Crippen molar-refractivity contribution in [2.75, 3.05) is 6.54 Å². The van der Waals surface area contributed by atoms with Crippen LogP contribution >= 0.6 is 11.6 Å². The molecule has 0 spiro atoms. The van der Waals surface area contributed by atoms with Crippen LogP contribution in [0.5, 0.6) is 0 Å². The molecule has 1 aromatic rings. The fourth-order valence-electron chi connectivity index (χ4n) is 1.44. The van der Waals surface area contributed by atoms with Crippen LogP contribution in [0.2, 0.25) is 0 Å². The van der Waals surface area contributed by atoms with Gasteiger partial charge in [0.15, 0.2) is 0 Å². The molecule has 0 aromatic heterocycles. The van der Waals surface area contributed by atoms with E-state index in [2.05, 4.69) is 5.32 Å². The zero-order valence-corrected chi connectivity index (χ0v) is 10.6. The van der Waals surface area contributed by atoms with E-state index in [-0.39, 0.29) is 23.9 Å². The lowest BCUT2D eigenvalue weighted by Gasteiger charge is -2.18. The lowest BCUT2D eigenvalue weighted by atomic mass is 10.0. The lowest BCUT2D eigenvalue weighted by molar-refractivity contribution is -0.119. The Morgan fingerprint density at radius 3 is 2.67 bits per heavy atom. The molecular formula is C12H15ClFNO3. The third kappa shape index (κ3) is 3.94. The molecule has 6 heteroatoms. The molecule has 1 aromatic carbocycles. The van der Waals surface area contributed by atoms with Crippen molar-refractivity contribution in [1.29, 1.82) is 0 Å². The molecule has 18 heavy (non-hydrogen) atoms. The molecule has 4 nitrogen and oxygen atoms in total. The third-order valence-corrected chi connectivity index (χ3v) is 2.78. The standard InChI is InChI=1S/C12H15ClFNO3/c1-7(16)15-6-11(17)12(18)8-2-3-9(5-13)10(14)4-8/h2-4,11-12,17-18H,5-6H2,1H3,(H,15,16). The highest BCUT2D eigenvalue weighted by molar-refractivity contribution is 6.17. The predicted octanol–water partition coefficient (Wildman–Crippen LogP) is 1.09. The number of carbonyl (C=O) groups excluding carboxylic acids is 1. The summed E-state index contributed by atoms with van der Waals surface area (Å²) in [6, 6.07) is 4.06. The molecule has 0 aliphatic carbocycles. The maximum absolute atomic E-state index is 13.4. The number of halogens is 2. The van der Waals surface area contributed by atoms with Crippen molar-refractivity contribution in [3.63, 3.8) is 0 Å². The molecule has 0 aliphatic rings. The van der Waals surface area contributed by atoms with Gasteiger partial charge in [-0.05, 0) is 11.6 Å². The second-order valence-electron chi connectivity index (χ2n) is 3.93. The van der Waals surface area contributed by atoms with Gasteiger partial charge in [-0.25, -0.2) is 4.39 Å². The van der Waals surface area contributed by atoms with Crippen LogP contribution in [0.15, 0.2) is 18.2 Å². The van der Waals surface area contributed by atoms with E-state index in [4.69, 9.17) is 11.6 Å². The first-order chi connectivity index (χ1) is 8.45. The summed E-state index contributed by atoms with van der Waals surface area (Å²) in [4.78, 5) is 10.7. The van der Waals surface area contributed by atoms with Crippen molar-refractivity contribution in [3.8, 4) is 0 Å². The Hall–Kier alpha value is -1.17. The molecule has 0 saturated carbocycles. The van der Waals surface area contributed by atoms with E-state index >= 15 is 0 Å². The fraction of sp³-hybridized carbons (Fsp3) is 0.417. The van der Waals surface area contributed by atoms with Gasteiger partial charge in [0.1, 0.15) is 18.0 Å². The van der Waals surface area contributed by atoms with Crippen LogP contribution in [0.4, 0.5) is 4.39 Å². The summed E-state index contributed by atoms with van der Waals surface area (Å²) < 4.78 is 13.4. The van der Waals surface area contributed by atoms with Gasteiger partial charge in [0.2, 0.25) is 5.91 Å². The molecule has 0 heterocycles. The Morgan fingerprint density at radius 2 is 2.17 bits per heavy atom. The lowest BCUT2D eigenvalue weighted by Crippen LogP contribution is -2.34. The molecule has 2 unspecified atom stereocenters. The maximum atomic E-state index is 13.4. The van der Waals surface area contributed by atoms with E-state index in [1.54, 1.807) is 0 Å². The number of alkyl halides is 1. The van der Waals surface area contributed by atoms with Gasteiger partial charge in [0.05, 0.1) is 5.88 Å². The van der Waals surface area contributed by atoms with Crippen LogP contribution < -0.4 is 5.32 Å². The number of amides is 1. The minimum Gasteiger partial charge on any atom is -0.388 e. The molecule has 100 valence electrons. The molecule has 0 radical (unpaired) electrons. The number of benzene rings is 1. The molecule has 2 atom stereocenters. The van der Waals surface area contributed by atoms with Crippen LogP contribution in [0, 0.1) is 5.82 Å². The van der Waals surface area contributed by atoms with E-state index < -0.39 is 18.0 Å². The smallest absolute Gasteiger partial charge is 0.216 e. The normalized spacial score (nSPS) is 14.1. The van der Waals surface area contributed by atoms with Gasteiger partial charge >= 0.3 is 0 Å². The number of hydrogen-bond donors (Lipinski definition) is 3. The molecule has 0 saturated heterocycles. The molecule has 0 aliphatic heterocycles. The number of aliphatic hydroxyl groups is 2. The van der Waals surface area contributed by atoms with Gasteiger partial charge in [-0.15, -0.1) is 11.6 Å². The second-order valence-corrected chi connectivity index (χ2v) is 4.20. The third-order valence-electron chi connectivity index (χ3n) is 2.49. The zero-order chi connectivity index (χ0) is 13.7. The van der Waals surface area contributed by atoms with Crippen LogP contribution in [0.1, 0.15) is 24.2 Å². The largest absolute Gasteiger partial charge is 0.388 e. The van der Waals surface area contributed by atoms with Crippen LogP contribution in [0.25, 0.3) is 0 Å². The summed E-state index contributed by atoms with van der Waals surface area (Å²) in [5.74, 6) is -0.811. The molecule has 1 amide bonds. The van der Waals surface area contributed by atoms with Crippen molar-refractivity contribution in [3.05, 3.63) is 35.1 Å². The van der Waals surface area contributed by atoms with Crippen molar-refractivity contribution in [2.24, 2.45) is 0 Å². The van der Waals surface area contributed by atoms with Gasteiger partial charge in [-0.1, -0.05) is 12.1 Å². The fourth-order valence-corrected chi connectivity index (χ4v) is 1.65. The van der Waals surface area contributed by atoms with Gasteiger partial charge in [0, 0.05) is 19.0 Å². The predicted molar refractivity (Wildman–Crippen MR) is 65.6 cm³/mol. The van der Waals surface area contributed by atoms with Crippen LogP contribution in [-0.4, -0.2) is 28.8 Å². The molecular weight excluding hydrogens is 261 g/mol. The van der Waals surface area contributed by atoms with Gasteiger partial charge in [0.25, 0.3) is 0 Å². The van der Waals surface area contributed by atoms with E-state index in [1.807, 2.05) is 0 Å². The molecule has 3 N–H and O–H groups in total. The highest BCUT2D eigenvalue weighted by atomic mass is 35.5. The Morgan fingerprint density at radius 1 is 1.50 bits per heavy atom. The van der Waals surface area contributed by atoms with Crippen LogP contribution in [0.3, 0.4) is 0 Å². The first kappa shape index (κ1) is 14.9. The Kier molecular flexibility index (Phi) is 5.53. The summed E-state index contributed by atoms with van der Waals surface area (Å²) in [6.07, 6.45) is -2.47. The SMILES string of the molecule is CC(=O)NCC(O)C(O)c1ccc(CCl)c(F)c1. The summed E-state index contributed by atoms with van der Waals surface area (Å²) in [6.45, 7) is 1.20. The number of rotatable bonds is 5. The maximum Gasteiger partial charge on any atom is 0.216 e. The summed E-state index contributed by atoms with van der Waals surface area (Å²) in [5, 5.41) is 21.8. The van der Waals surface area contributed by atoms with Crippen molar-refractivity contribution in [1.82, 2.24) is 5.32 Å². The zero-order valence-electron chi connectivity index (χ0n) is 9.86. The molecule has 0 fully saturated rings. The number of nitrogens with one attached hydrogen (secondary N) is 1. The minimum absolute atomic E-state index is 0.0383. The molecule has 1 rings (SSSR count). The first-order valence-corrected chi connectivity index (χ1v) is 5.94. The topological polar surface area (TPSA) is 69.6 Å². The van der Waals surface area contributed by atoms with Crippen molar-refractivity contribution in [2.45, 2.75) is 25.0 Å². The average Bonchev–Trinajstić information content (AvgIpc) is 2.34. The summed E-state index contributed by atoms with van der Waals surface area (Å²) >= 11 is 5.51. The Bertz CT molecular complexity index is 428. The number of hydrogen-bond acceptors (Lipinski definition) is 3. The highest BCUT2D eigenvalue weighted by Crippen LogP contribution is 2.20. The van der Waals surface area contributed by atoms with E-state index in [9.17, 15) is 19.4 Å². The van der Waals surface area contributed by atoms with E-state index in [0.29, 0.717) is 5.56 Å². The van der Waals surface area contributed by atoms with Gasteiger partial charge in [-0.2, -0.15) is 0 Å². The number of carbonyl (C=O) groups is 1. The monoisotopic (exact) mass is 275 g/mol. The quantitative estimate of drug-likeness (QED) is 0.705. The van der Waals surface area contributed by atoms with Gasteiger partial charge < -0.3 is 15.5 Å². The van der Waals surface area contributed by atoms with Crippen LogP contribution in [-0.2, 0) is 10.7 Å². The number of aliphatic hydroxyl groups excluding tert-OH is 2. The van der Waals surface area contributed by atoms with E-state index in [0.717, 1.165) is 6.07 Å². The first-order valence-electron chi connectivity index (χ1n) is 5.40. The summed E-state index contributed by atoms with van der Waals surface area (Å²) in [5.41, 5.74) is 0.559. The second kappa shape index (κ2) is 6.68. The Labute approximate surface area is 109 Å². The van der Waals surface area contributed by atoms with E-state index in [1.165, 1.54) is 19.1 Å². The van der Waals surface area contributed by atoms with Gasteiger partial charge in [-0.3, -0.25) is 4.79 Å². The van der Waals surface area contributed by atoms with Crippen molar-refractivity contribution < 1.29 is 19.4 Å². The highest BCUT2D eigenvalue weighted by Gasteiger charge is 2.19. The molecule has 0 bridgehead atoms. The average molecular weight is 276 g/mol. The Balaban J connectivity index is 2.74. The minimum atomic E-state index is -1.27. The summed E-state index contributed by atoms with van der Waals surface area (Å²) in [7, 11) is 0.